The molecule has 0 spiro atoms. The molecule has 28 heavy (non-hydrogen) atoms. The molecule has 0 radical (unpaired) electrons. The third kappa shape index (κ3) is 4.58. The van der Waals surface area contributed by atoms with E-state index in [1.807, 2.05) is 18.2 Å². The number of aromatic nitrogens is 1. The number of carbonyl (C=O) groups excluding carboxylic acids is 1. The van der Waals surface area contributed by atoms with Crippen molar-refractivity contribution in [2.45, 2.75) is 12.8 Å². The van der Waals surface area contributed by atoms with E-state index in [-0.39, 0.29) is 12.3 Å². The minimum absolute atomic E-state index is 0.174. The van der Waals surface area contributed by atoms with Crippen LogP contribution in [-0.4, -0.2) is 25.1 Å². The van der Waals surface area contributed by atoms with E-state index in [1.165, 1.54) is 14.2 Å². The third-order valence-electron chi connectivity index (χ3n) is 4.01. The Balaban J connectivity index is 1.63. The Morgan fingerprint density at radius 2 is 1.82 bits per heavy atom. The van der Waals surface area contributed by atoms with Crippen LogP contribution in [0, 0.1) is 0 Å². The third-order valence-corrected chi connectivity index (χ3v) is 4.65. The van der Waals surface area contributed by atoms with Gasteiger partial charge in [0.2, 0.25) is 5.91 Å². The van der Waals surface area contributed by atoms with Gasteiger partial charge >= 0.3 is 0 Å². The van der Waals surface area contributed by atoms with Crippen LogP contribution in [0.15, 0.2) is 47.0 Å². The molecule has 0 atom stereocenters. The molecule has 1 amide bonds. The molecule has 1 N–H and O–H groups in total. The van der Waals surface area contributed by atoms with Gasteiger partial charge in [0.25, 0.3) is 0 Å². The van der Waals surface area contributed by atoms with Crippen molar-refractivity contribution in [1.29, 1.82) is 0 Å². The number of hydrogen-bond acceptors (Lipinski definition) is 5. The number of nitrogens with one attached hydrogen (secondary N) is 1. The average molecular weight is 421 g/mol. The summed E-state index contributed by atoms with van der Waals surface area (Å²) in [7, 11) is 3.02. The van der Waals surface area contributed by atoms with Gasteiger partial charge in [0.1, 0.15) is 0 Å². The van der Waals surface area contributed by atoms with Crippen molar-refractivity contribution in [2.75, 3.05) is 19.5 Å². The molecule has 0 saturated heterocycles. The van der Waals surface area contributed by atoms with E-state index in [9.17, 15) is 4.79 Å². The quantitative estimate of drug-likeness (QED) is 0.565. The van der Waals surface area contributed by atoms with Gasteiger partial charge in [0, 0.05) is 30.5 Å². The number of halogens is 2. The average Bonchev–Trinajstić information content (AvgIpc) is 3.16. The Kier molecular flexibility index (Phi) is 6.44. The van der Waals surface area contributed by atoms with Crippen molar-refractivity contribution in [1.82, 2.24) is 4.98 Å². The van der Waals surface area contributed by atoms with E-state index in [2.05, 4.69) is 10.3 Å². The van der Waals surface area contributed by atoms with Crippen LogP contribution in [0.1, 0.15) is 12.3 Å². The van der Waals surface area contributed by atoms with Crippen LogP contribution in [0.2, 0.25) is 10.0 Å². The van der Waals surface area contributed by atoms with Gasteiger partial charge in [-0.05, 0) is 12.1 Å². The van der Waals surface area contributed by atoms with Gasteiger partial charge < -0.3 is 19.2 Å². The molecule has 1 aromatic heterocycles. The minimum atomic E-state index is -0.230. The fourth-order valence-corrected chi connectivity index (χ4v) is 3.02. The van der Waals surface area contributed by atoms with Crippen molar-refractivity contribution in [3.05, 3.63) is 58.5 Å². The van der Waals surface area contributed by atoms with Crippen molar-refractivity contribution < 1.29 is 18.7 Å². The predicted molar refractivity (Wildman–Crippen MR) is 108 cm³/mol. The summed E-state index contributed by atoms with van der Waals surface area (Å²) in [6.45, 7) is 0. The topological polar surface area (TPSA) is 73.6 Å². The highest BCUT2D eigenvalue weighted by atomic mass is 35.5. The number of carbonyl (C=O) groups is 1. The zero-order valence-electron chi connectivity index (χ0n) is 15.3. The minimum Gasteiger partial charge on any atom is -0.493 e. The molecule has 0 unspecified atom stereocenters. The van der Waals surface area contributed by atoms with Crippen molar-refractivity contribution in [3.63, 3.8) is 0 Å². The molecule has 6 nitrogen and oxygen atoms in total. The summed E-state index contributed by atoms with van der Waals surface area (Å²) >= 11 is 12.4. The lowest BCUT2D eigenvalue weighted by molar-refractivity contribution is -0.116. The van der Waals surface area contributed by atoms with Crippen LogP contribution in [0.3, 0.4) is 0 Å². The first-order valence-electron chi connectivity index (χ1n) is 8.42. The van der Waals surface area contributed by atoms with Gasteiger partial charge in [-0.15, -0.1) is 0 Å². The van der Waals surface area contributed by atoms with Crippen LogP contribution >= 0.6 is 23.2 Å². The maximum absolute atomic E-state index is 12.3. The van der Waals surface area contributed by atoms with Gasteiger partial charge in [-0.25, -0.2) is 4.98 Å². The van der Waals surface area contributed by atoms with Crippen molar-refractivity contribution in [3.8, 4) is 22.8 Å². The zero-order valence-corrected chi connectivity index (χ0v) is 16.8. The Labute approximate surface area is 172 Å². The molecule has 3 aromatic rings. The highest BCUT2D eigenvalue weighted by molar-refractivity contribution is 6.34. The smallest absolute Gasteiger partial charge is 0.224 e. The SMILES string of the molecule is COc1cc(Cl)c(NC(=O)CCc2ncc(-c3ccccc3Cl)o2)cc1OC. The fourth-order valence-electron chi connectivity index (χ4n) is 2.59. The molecular weight excluding hydrogens is 403 g/mol. The lowest BCUT2D eigenvalue weighted by Crippen LogP contribution is -2.13. The standard InChI is InChI=1S/C20H18Cl2N2O4/c1-26-16-9-14(22)15(10-17(16)27-2)24-19(25)7-8-20-23-11-18(28-20)12-5-3-4-6-13(12)21/h3-6,9-11H,7-8H2,1-2H3,(H,24,25). The van der Waals surface area contributed by atoms with E-state index < -0.39 is 0 Å². The molecule has 0 aliphatic carbocycles. The van der Waals surface area contributed by atoms with Gasteiger partial charge in [-0.3, -0.25) is 4.79 Å². The number of benzene rings is 2. The molecular formula is C20H18Cl2N2O4. The first-order chi connectivity index (χ1) is 13.5. The van der Waals surface area contributed by atoms with Crippen LogP contribution in [0.4, 0.5) is 5.69 Å². The number of hydrogen-bond donors (Lipinski definition) is 1. The zero-order chi connectivity index (χ0) is 20.1. The molecule has 2 aromatic carbocycles. The number of anilines is 1. The first-order valence-corrected chi connectivity index (χ1v) is 9.18. The number of nitrogens with zero attached hydrogens (tertiary/aromatic N) is 1. The number of amides is 1. The van der Waals surface area contributed by atoms with Crippen molar-refractivity contribution in [2.24, 2.45) is 0 Å². The molecule has 146 valence electrons. The molecule has 3 rings (SSSR count). The predicted octanol–water partition coefficient (Wildman–Crippen LogP) is 5.24. The second-order valence-corrected chi connectivity index (χ2v) is 6.65. The van der Waals surface area contributed by atoms with Crippen LogP contribution in [0.25, 0.3) is 11.3 Å². The van der Waals surface area contributed by atoms with Crippen molar-refractivity contribution >= 4 is 34.8 Å². The summed E-state index contributed by atoms with van der Waals surface area (Å²) in [6.07, 6.45) is 2.11. The number of rotatable bonds is 7. The second kappa shape index (κ2) is 8.99. The molecule has 0 fully saturated rings. The molecule has 0 aliphatic heterocycles. The summed E-state index contributed by atoms with van der Waals surface area (Å²) < 4.78 is 16.1. The van der Waals surface area contributed by atoms with E-state index in [4.69, 9.17) is 37.1 Å². The Morgan fingerprint density at radius 1 is 1.11 bits per heavy atom. The van der Waals surface area contributed by atoms with Gasteiger partial charge in [0.05, 0.1) is 36.1 Å². The molecule has 0 bridgehead atoms. The summed E-state index contributed by atoms with van der Waals surface area (Å²) in [4.78, 5) is 16.5. The summed E-state index contributed by atoms with van der Waals surface area (Å²) in [5.74, 6) is 1.73. The normalized spacial score (nSPS) is 10.6. The van der Waals surface area contributed by atoms with Gasteiger partial charge in [0.15, 0.2) is 23.1 Å². The highest BCUT2D eigenvalue weighted by Crippen LogP contribution is 2.36. The highest BCUT2D eigenvalue weighted by Gasteiger charge is 2.14. The Hall–Kier alpha value is -2.70. The van der Waals surface area contributed by atoms with Gasteiger partial charge in [-0.1, -0.05) is 35.3 Å². The molecule has 0 aliphatic rings. The van der Waals surface area contributed by atoms with E-state index in [0.29, 0.717) is 45.3 Å². The maximum atomic E-state index is 12.3. The fraction of sp³-hybridized carbons (Fsp3) is 0.200. The Bertz CT molecular complexity index is 988. The lowest BCUT2D eigenvalue weighted by Gasteiger charge is -2.12. The number of methoxy groups -OCH3 is 2. The largest absolute Gasteiger partial charge is 0.493 e. The lowest BCUT2D eigenvalue weighted by atomic mass is 10.2. The van der Waals surface area contributed by atoms with E-state index in [1.54, 1.807) is 24.4 Å². The van der Waals surface area contributed by atoms with Crippen LogP contribution in [0.5, 0.6) is 11.5 Å². The van der Waals surface area contributed by atoms with E-state index in [0.717, 1.165) is 5.56 Å². The monoisotopic (exact) mass is 420 g/mol. The molecule has 8 heteroatoms. The van der Waals surface area contributed by atoms with E-state index >= 15 is 0 Å². The summed E-state index contributed by atoms with van der Waals surface area (Å²) in [5, 5.41) is 3.68. The number of oxazole rings is 1. The first kappa shape index (κ1) is 20.0. The van der Waals surface area contributed by atoms with Crippen LogP contribution < -0.4 is 14.8 Å². The Morgan fingerprint density at radius 3 is 2.54 bits per heavy atom. The second-order valence-electron chi connectivity index (χ2n) is 5.83. The number of ether oxygens (including phenoxy) is 2. The number of aryl methyl sites for hydroxylation is 1. The molecule has 0 saturated carbocycles. The van der Waals surface area contributed by atoms with Gasteiger partial charge in [-0.2, -0.15) is 0 Å². The van der Waals surface area contributed by atoms with Crippen LogP contribution in [-0.2, 0) is 11.2 Å². The maximum Gasteiger partial charge on any atom is 0.224 e. The summed E-state index contributed by atoms with van der Waals surface area (Å²) in [5.41, 5.74) is 1.19. The summed E-state index contributed by atoms with van der Waals surface area (Å²) in [6, 6.07) is 10.5. The molecule has 1 heterocycles.